The van der Waals surface area contributed by atoms with Gasteiger partial charge in [-0.3, -0.25) is 14.5 Å². The lowest BCUT2D eigenvalue weighted by Gasteiger charge is -2.34. The summed E-state index contributed by atoms with van der Waals surface area (Å²) in [6, 6.07) is 14.3. The van der Waals surface area contributed by atoms with E-state index in [-0.39, 0.29) is 17.9 Å². The first-order chi connectivity index (χ1) is 18.2. The number of carbonyl (C=O) groups is 2. The minimum atomic E-state index is 0.0894. The first-order valence-electron chi connectivity index (χ1n) is 13.7. The third kappa shape index (κ3) is 4.94. The van der Waals surface area contributed by atoms with E-state index in [1.165, 1.54) is 24.0 Å². The Labute approximate surface area is 217 Å². The molecular weight excluding hydrogens is 466 g/mol. The summed E-state index contributed by atoms with van der Waals surface area (Å²) in [6.07, 6.45) is 5.78. The fourth-order valence-electron chi connectivity index (χ4n) is 6.05. The van der Waals surface area contributed by atoms with Gasteiger partial charge in [0.2, 0.25) is 5.91 Å². The maximum Gasteiger partial charge on any atom is 0.254 e. The lowest BCUT2D eigenvalue weighted by atomic mass is 9.98. The van der Waals surface area contributed by atoms with Crippen LogP contribution in [0, 0.1) is 0 Å². The number of benzene rings is 2. The summed E-state index contributed by atoms with van der Waals surface area (Å²) < 4.78 is 5.49. The average Bonchev–Trinajstić information content (AvgIpc) is 3.51. The van der Waals surface area contributed by atoms with E-state index in [4.69, 9.17) is 4.52 Å². The third-order valence-electron chi connectivity index (χ3n) is 8.22. The van der Waals surface area contributed by atoms with Crippen molar-refractivity contribution in [3.05, 3.63) is 59.2 Å². The third-order valence-corrected chi connectivity index (χ3v) is 8.22. The van der Waals surface area contributed by atoms with Crippen molar-refractivity contribution in [3.63, 3.8) is 0 Å². The summed E-state index contributed by atoms with van der Waals surface area (Å²) in [7, 11) is 0. The molecule has 8 heteroatoms. The summed E-state index contributed by atoms with van der Waals surface area (Å²) in [5.74, 6) is 1.18. The molecule has 0 radical (unpaired) electrons. The highest BCUT2D eigenvalue weighted by molar-refractivity contribution is 5.99. The normalized spacial score (nSPS) is 20.5. The highest BCUT2D eigenvalue weighted by Gasteiger charge is 2.35. The van der Waals surface area contributed by atoms with E-state index in [1.54, 1.807) is 0 Å². The summed E-state index contributed by atoms with van der Waals surface area (Å²) in [6.45, 7) is 6.41. The number of nitrogens with zero attached hydrogens (tertiary/aromatic N) is 4. The monoisotopic (exact) mass is 501 g/mol. The number of para-hydroxylation sites is 1. The molecule has 0 aliphatic carbocycles. The number of fused-ring (bicyclic) bond motifs is 2. The molecule has 3 aliphatic heterocycles. The van der Waals surface area contributed by atoms with Gasteiger partial charge in [0, 0.05) is 51.3 Å². The predicted molar refractivity (Wildman–Crippen MR) is 143 cm³/mol. The van der Waals surface area contributed by atoms with Gasteiger partial charge in [0.25, 0.3) is 5.91 Å². The van der Waals surface area contributed by atoms with E-state index in [9.17, 15) is 9.59 Å². The molecule has 1 atom stereocenters. The van der Waals surface area contributed by atoms with Crippen molar-refractivity contribution in [1.82, 2.24) is 20.3 Å². The van der Waals surface area contributed by atoms with Crippen molar-refractivity contribution < 1.29 is 14.1 Å². The standard InChI is InChI=1S/C29H35N5O3/c35-27-13-12-22(19-30-27)34-20-25-21(8-6-10-23(25)29(34)36)7-2-1-5-14-32-15-17-33(18-16-32)28-24-9-3-4-11-26(24)37-31-28/h3-4,6,8-11,22H,1-2,5,7,12-20H2,(H,30,35). The molecule has 2 aromatic carbocycles. The lowest BCUT2D eigenvalue weighted by molar-refractivity contribution is -0.123. The maximum absolute atomic E-state index is 13.0. The van der Waals surface area contributed by atoms with Crippen LogP contribution >= 0.6 is 0 Å². The van der Waals surface area contributed by atoms with Gasteiger partial charge < -0.3 is 19.6 Å². The van der Waals surface area contributed by atoms with Crippen molar-refractivity contribution in [3.8, 4) is 0 Å². The quantitative estimate of drug-likeness (QED) is 0.475. The Morgan fingerprint density at radius 2 is 1.84 bits per heavy atom. The Hall–Kier alpha value is -3.39. The zero-order valence-corrected chi connectivity index (χ0v) is 21.3. The van der Waals surface area contributed by atoms with Crippen LogP contribution in [0.4, 0.5) is 5.82 Å². The minimum Gasteiger partial charge on any atom is -0.354 e. The van der Waals surface area contributed by atoms with Crippen LogP contribution in [0.15, 0.2) is 47.0 Å². The Bertz CT molecular complexity index is 1270. The van der Waals surface area contributed by atoms with Crippen molar-refractivity contribution in [2.75, 3.05) is 44.2 Å². The van der Waals surface area contributed by atoms with E-state index in [1.807, 2.05) is 35.2 Å². The molecule has 4 heterocycles. The molecule has 1 unspecified atom stereocenters. The number of hydrogen-bond acceptors (Lipinski definition) is 6. The number of piperazine rings is 1. The number of amides is 2. The van der Waals surface area contributed by atoms with Gasteiger partial charge in [-0.25, -0.2) is 0 Å². The van der Waals surface area contributed by atoms with E-state index >= 15 is 0 Å². The number of anilines is 1. The summed E-state index contributed by atoms with van der Waals surface area (Å²) >= 11 is 0. The van der Waals surface area contributed by atoms with E-state index < -0.39 is 0 Å². The van der Waals surface area contributed by atoms with Crippen molar-refractivity contribution in [1.29, 1.82) is 0 Å². The van der Waals surface area contributed by atoms with Crippen LogP contribution in [-0.4, -0.2) is 72.1 Å². The number of piperidine rings is 1. The van der Waals surface area contributed by atoms with Gasteiger partial charge in [0.05, 0.1) is 11.4 Å². The molecule has 6 rings (SSSR count). The van der Waals surface area contributed by atoms with E-state index in [2.05, 4.69) is 32.4 Å². The van der Waals surface area contributed by atoms with Crippen LogP contribution in [-0.2, 0) is 17.8 Å². The smallest absolute Gasteiger partial charge is 0.254 e. The van der Waals surface area contributed by atoms with Crippen molar-refractivity contribution in [2.45, 2.75) is 51.1 Å². The van der Waals surface area contributed by atoms with Gasteiger partial charge in [0.1, 0.15) is 0 Å². The van der Waals surface area contributed by atoms with Gasteiger partial charge >= 0.3 is 0 Å². The number of nitrogens with one attached hydrogen (secondary N) is 1. The van der Waals surface area contributed by atoms with Crippen LogP contribution in [0.25, 0.3) is 11.0 Å². The van der Waals surface area contributed by atoms with Gasteiger partial charge in [-0.05, 0) is 61.6 Å². The fraction of sp³-hybridized carbons (Fsp3) is 0.483. The van der Waals surface area contributed by atoms with Gasteiger partial charge in [-0.15, -0.1) is 0 Å². The van der Waals surface area contributed by atoms with E-state index in [0.29, 0.717) is 19.5 Å². The summed E-state index contributed by atoms with van der Waals surface area (Å²) in [5.41, 5.74) is 4.21. The molecule has 2 amide bonds. The molecule has 3 aromatic rings. The maximum atomic E-state index is 13.0. The van der Waals surface area contributed by atoms with Crippen molar-refractivity contribution >= 4 is 28.6 Å². The number of carbonyl (C=O) groups excluding carboxylic acids is 2. The first kappa shape index (κ1) is 24.0. The number of rotatable bonds is 8. The van der Waals surface area contributed by atoms with Crippen LogP contribution in [0.3, 0.4) is 0 Å². The van der Waals surface area contributed by atoms with Gasteiger partial charge in [-0.1, -0.05) is 35.8 Å². The topological polar surface area (TPSA) is 81.9 Å². The molecule has 0 saturated carbocycles. The second-order valence-electron chi connectivity index (χ2n) is 10.5. The van der Waals surface area contributed by atoms with Crippen molar-refractivity contribution in [2.24, 2.45) is 0 Å². The Morgan fingerprint density at radius 3 is 2.68 bits per heavy atom. The van der Waals surface area contributed by atoms with Gasteiger partial charge in [0.15, 0.2) is 11.4 Å². The number of hydrogen-bond donors (Lipinski definition) is 1. The predicted octanol–water partition coefficient (Wildman–Crippen LogP) is 3.60. The molecule has 1 aromatic heterocycles. The van der Waals surface area contributed by atoms with E-state index in [0.717, 1.165) is 74.3 Å². The van der Waals surface area contributed by atoms with Gasteiger partial charge in [-0.2, -0.15) is 0 Å². The second kappa shape index (κ2) is 10.5. The Morgan fingerprint density at radius 1 is 0.973 bits per heavy atom. The lowest BCUT2D eigenvalue weighted by Crippen LogP contribution is -2.48. The van der Waals surface area contributed by atoms with Crippen LogP contribution in [0.5, 0.6) is 0 Å². The largest absolute Gasteiger partial charge is 0.354 e. The molecule has 0 bridgehead atoms. The number of aromatic nitrogens is 1. The zero-order valence-electron chi connectivity index (χ0n) is 21.3. The number of aryl methyl sites for hydroxylation is 1. The second-order valence-corrected chi connectivity index (χ2v) is 10.5. The Kier molecular flexibility index (Phi) is 6.83. The van der Waals surface area contributed by atoms with Crippen LogP contribution in [0.1, 0.15) is 53.6 Å². The zero-order chi connectivity index (χ0) is 25.2. The molecule has 37 heavy (non-hydrogen) atoms. The highest BCUT2D eigenvalue weighted by Crippen LogP contribution is 2.30. The van der Waals surface area contributed by atoms with Crippen LogP contribution in [0.2, 0.25) is 0 Å². The Balaban J connectivity index is 0.949. The fourth-order valence-corrected chi connectivity index (χ4v) is 6.05. The molecule has 194 valence electrons. The number of unbranched alkanes of at least 4 members (excludes halogenated alkanes) is 2. The molecule has 2 saturated heterocycles. The summed E-state index contributed by atoms with van der Waals surface area (Å²) in [5, 5.41) is 8.33. The molecular formula is C29H35N5O3. The molecule has 2 fully saturated rings. The first-order valence-corrected chi connectivity index (χ1v) is 13.7. The molecule has 0 spiro atoms. The minimum absolute atomic E-state index is 0.0894. The highest BCUT2D eigenvalue weighted by atomic mass is 16.5. The molecule has 8 nitrogen and oxygen atoms in total. The summed E-state index contributed by atoms with van der Waals surface area (Å²) in [4.78, 5) is 31.4. The van der Waals surface area contributed by atoms with Crippen LogP contribution < -0.4 is 10.2 Å². The molecule has 3 aliphatic rings. The average molecular weight is 502 g/mol. The SMILES string of the molecule is O=C1CCC(N2Cc3c(CCCCCN4CCN(c5noc6ccccc56)CC4)cccc3C2=O)CN1. The molecule has 1 N–H and O–H groups in total.